The summed E-state index contributed by atoms with van der Waals surface area (Å²) in [4.78, 5) is 31.4. The molecule has 56 heavy (non-hydrogen) atoms. The molecule has 3 aromatic carbocycles. The Morgan fingerprint density at radius 2 is 1.20 bits per heavy atom. The van der Waals surface area contributed by atoms with Gasteiger partial charge in [-0.05, 0) is 131 Å². The zero-order valence-electron chi connectivity index (χ0n) is 31.4. The molecule has 0 spiro atoms. The van der Waals surface area contributed by atoms with E-state index in [1.54, 1.807) is 36.8 Å². The van der Waals surface area contributed by atoms with Gasteiger partial charge in [-0.1, -0.05) is 30.3 Å². The summed E-state index contributed by atoms with van der Waals surface area (Å²) in [5, 5.41) is 0. The van der Waals surface area contributed by atoms with Crippen LogP contribution in [0.15, 0.2) is 116 Å². The Morgan fingerprint density at radius 3 is 1.86 bits per heavy atom. The lowest BCUT2D eigenvalue weighted by Gasteiger charge is -2.31. The van der Waals surface area contributed by atoms with Crippen LogP contribution in [0.25, 0.3) is 56.3 Å². The highest BCUT2D eigenvalue weighted by atomic mass is 19.1. The normalized spacial score (nSPS) is 16.1. The molecule has 0 aliphatic carbocycles. The molecule has 8 nitrogen and oxygen atoms in total. The van der Waals surface area contributed by atoms with Gasteiger partial charge in [0.2, 0.25) is 0 Å². The Balaban J connectivity index is 1.05. The Labute approximate surface area is 325 Å². The number of aromatic nitrogens is 6. The maximum Gasteiger partial charge on any atom is 0.132 e. The first kappa shape index (κ1) is 35.8. The fourth-order valence-corrected chi connectivity index (χ4v) is 8.22. The number of piperidine rings is 2. The summed E-state index contributed by atoms with van der Waals surface area (Å²) in [6.45, 7) is 4.90. The maximum absolute atomic E-state index is 15.9. The summed E-state index contributed by atoms with van der Waals surface area (Å²) in [5.41, 5.74) is 8.76. The van der Waals surface area contributed by atoms with Gasteiger partial charge in [-0.15, -0.1) is 0 Å². The van der Waals surface area contributed by atoms with Crippen LogP contribution in [0.4, 0.5) is 8.78 Å². The minimum absolute atomic E-state index is 0.244. The maximum atomic E-state index is 15.9. The highest BCUT2D eigenvalue weighted by Crippen LogP contribution is 2.39. The molecule has 2 N–H and O–H groups in total. The lowest BCUT2D eigenvalue weighted by Crippen LogP contribution is -2.32. The molecule has 2 aliphatic heterocycles. The van der Waals surface area contributed by atoms with E-state index in [-0.39, 0.29) is 17.6 Å². The van der Waals surface area contributed by atoms with Crippen molar-refractivity contribution in [3.05, 3.63) is 144 Å². The quantitative estimate of drug-likeness (QED) is 0.153. The summed E-state index contributed by atoms with van der Waals surface area (Å²) in [5.74, 6) is 1.75. The van der Waals surface area contributed by atoms with Gasteiger partial charge in [0.25, 0.3) is 0 Å². The second-order valence-corrected chi connectivity index (χ2v) is 15.2. The van der Waals surface area contributed by atoms with Crippen LogP contribution in [0.1, 0.15) is 54.7 Å². The average Bonchev–Trinajstić information content (AvgIpc) is 3.89. The number of benzene rings is 3. The lowest BCUT2D eigenvalue weighted by atomic mass is 9.96. The smallest absolute Gasteiger partial charge is 0.132 e. The molecule has 4 aromatic heterocycles. The first-order valence-corrected chi connectivity index (χ1v) is 19.5. The molecule has 2 aliphatic rings. The summed E-state index contributed by atoms with van der Waals surface area (Å²) >= 11 is 0. The number of H-pyrrole nitrogens is 2. The standard InChI is InChI=1S/C46H44F2N8/c1-55-23-16-33(17-24-55)45-52-42(32-13-20-49-21-14-32)43(53-45)35-9-12-39(48)38(27-35)40-28-36(15-22-50-40)44-41(31-7-10-37(47)11-8-31)51-46(54-44)34-18-25-56(26-19-34)29-30-5-3-2-4-6-30/h2-15,20-22,27-28,33-34H,16-19,23-26,29H2,1H3,(H,51,54)(H,52,53). The third kappa shape index (κ3) is 7.54. The lowest BCUT2D eigenvalue weighted by molar-refractivity contribution is 0.202. The van der Waals surface area contributed by atoms with Gasteiger partial charge in [0, 0.05) is 64.8 Å². The van der Waals surface area contributed by atoms with Crippen molar-refractivity contribution < 1.29 is 8.78 Å². The third-order valence-corrected chi connectivity index (χ3v) is 11.4. The summed E-state index contributed by atoms with van der Waals surface area (Å²) in [7, 11) is 2.15. The van der Waals surface area contributed by atoms with Crippen LogP contribution in [0.3, 0.4) is 0 Å². The Bertz CT molecular complexity index is 2410. The van der Waals surface area contributed by atoms with Crippen LogP contribution in [-0.2, 0) is 6.54 Å². The molecule has 0 atom stereocenters. The molecule has 7 aromatic rings. The van der Waals surface area contributed by atoms with Crippen LogP contribution >= 0.6 is 0 Å². The first-order chi connectivity index (χ1) is 27.4. The van der Waals surface area contributed by atoms with Gasteiger partial charge in [-0.25, -0.2) is 18.7 Å². The highest BCUT2D eigenvalue weighted by Gasteiger charge is 2.27. The molecule has 9 rings (SSSR count). The predicted octanol–water partition coefficient (Wildman–Crippen LogP) is 9.72. The van der Waals surface area contributed by atoms with Gasteiger partial charge >= 0.3 is 0 Å². The van der Waals surface area contributed by atoms with E-state index in [4.69, 9.17) is 9.97 Å². The molecule has 6 heterocycles. The number of likely N-dealkylation sites (tertiary alicyclic amines) is 2. The monoisotopic (exact) mass is 746 g/mol. The Morgan fingerprint density at radius 1 is 0.625 bits per heavy atom. The van der Waals surface area contributed by atoms with Gasteiger partial charge in [0.15, 0.2) is 0 Å². The molecule has 2 fully saturated rings. The number of rotatable bonds is 9. The third-order valence-electron chi connectivity index (χ3n) is 11.4. The Kier molecular flexibility index (Phi) is 10.1. The second-order valence-electron chi connectivity index (χ2n) is 15.2. The van der Waals surface area contributed by atoms with E-state index < -0.39 is 0 Å². The van der Waals surface area contributed by atoms with Crippen molar-refractivity contribution in [2.75, 3.05) is 33.2 Å². The zero-order chi connectivity index (χ0) is 38.0. The van der Waals surface area contributed by atoms with E-state index in [0.717, 1.165) is 115 Å². The van der Waals surface area contributed by atoms with Crippen LogP contribution in [-0.4, -0.2) is 72.9 Å². The van der Waals surface area contributed by atoms with Crippen molar-refractivity contribution in [3.63, 3.8) is 0 Å². The molecule has 0 amide bonds. The molecule has 0 saturated carbocycles. The van der Waals surface area contributed by atoms with E-state index in [0.29, 0.717) is 17.2 Å². The van der Waals surface area contributed by atoms with Crippen molar-refractivity contribution in [3.8, 4) is 56.3 Å². The fourth-order valence-electron chi connectivity index (χ4n) is 8.22. The minimum atomic E-state index is -0.376. The fraction of sp³-hybridized carbons (Fsp3) is 0.261. The summed E-state index contributed by atoms with van der Waals surface area (Å²) in [6, 6.07) is 29.9. The van der Waals surface area contributed by atoms with Crippen molar-refractivity contribution >= 4 is 0 Å². The van der Waals surface area contributed by atoms with Crippen molar-refractivity contribution in [2.24, 2.45) is 0 Å². The van der Waals surface area contributed by atoms with Crippen molar-refractivity contribution in [2.45, 2.75) is 44.1 Å². The number of halogens is 2. The van der Waals surface area contributed by atoms with Gasteiger partial charge in [0.05, 0.1) is 28.5 Å². The van der Waals surface area contributed by atoms with Gasteiger partial charge < -0.3 is 14.9 Å². The largest absolute Gasteiger partial charge is 0.341 e. The van der Waals surface area contributed by atoms with E-state index in [2.05, 4.69) is 67.1 Å². The number of aromatic amines is 2. The number of nitrogens with zero attached hydrogens (tertiary/aromatic N) is 6. The molecule has 0 bridgehead atoms. The zero-order valence-corrected chi connectivity index (χ0v) is 31.4. The van der Waals surface area contributed by atoms with Crippen molar-refractivity contribution in [1.29, 1.82) is 0 Å². The average molecular weight is 747 g/mol. The van der Waals surface area contributed by atoms with Gasteiger partial charge in [-0.3, -0.25) is 14.9 Å². The molecule has 0 radical (unpaired) electrons. The number of hydrogen-bond acceptors (Lipinski definition) is 6. The van der Waals surface area contributed by atoms with Crippen LogP contribution < -0.4 is 0 Å². The van der Waals surface area contributed by atoms with Crippen LogP contribution in [0.2, 0.25) is 0 Å². The molecular weight excluding hydrogens is 703 g/mol. The van der Waals surface area contributed by atoms with E-state index in [1.165, 1.54) is 23.8 Å². The van der Waals surface area contributed by atoms with Gasteiger partial charge in [-0.2, -0.15) is 0 Å². The van der Waals surface area contributed by atoms with Crippen LogP contribution in [0, 0.1) is 11.6 Å². The second kappa shape index (κ2) is 15.7. The summed E-state index contributed by atoms with van der Waals surface area (Å²) < 4.78 is 30.0. The molecule has 10 heteroatoms. The summed E-state index contributed by atoms with van der Waals surface area (Å²) in [6.07, 6.45) is 9.23. The highest BCUT2D eigenvalue weighted by molar-refractivity contribution is 5.83. The number of pyridine rings is 2. The topological polar surface area (TPSA) is 89.6 Å². The van der Waals surface area contributed by atoms with Gasteiger partial charge in [0.1, 0.15) is 23.3 Å². The van der Waals surface area contributed by atoms with E-state index in [9.17, 15) is 4.39 Å². The number of imidazole rings is 2. The number of hydrogen-bond donors (Lipinski definition) is 2. The molecule has 2 saturated heterocycles. The molecular formula is C46H44F2N8. The van der Waals surface area contributed by atoms with Crippen molar-refractivity contribution in [1.82, 2.24) is 39.7 Å². The Hall–Kier alpha value is -5.84. The first-order valence-electron chi connectivity index (χ1n) is 19.5. The predicted molar refractivity (Wildman–Crippen MR) is 217 cm³/mol. The van der Waals surface area contributed by atoms with E-state index >= 15 is 4.39 Å². The van der Waals surface area contributed by atoms with E-state index in [1.807, 2.05) is 30.3 Å². The molecule has 0 unspecified atom stereocenters. The van der Waals surface area contributed by atoms with Crippen LogP contribution in [0.5, 0.6) is 0 Å². The SMILES string of the molecule is CN1CCC(c2nc(-c3ccc(F)c(-c4cc(-c5nc(C6CCN(Cc7ccccc7)CC6)[nH]c5-c5ccc(F)cc5)ccn4)c3)c(-c3ccncc3)[nH]2)CC1. The minimum Gasteiger partial charge on any atom is -0.341 e. The number of nitrogens with one attached hydrogen (secondary N) is 2. The molecule has 282 valence electrons.